The van der Waals surface area contributed by atoms with Gasteiger partial charge in [-0.2, -0.15) is 0 Å². The lowest BCUT2D eigenvalue weighted by Gasteiger charge is -2.13. The molecule has 2 aromatic rings. The molecule has 2 aliphatic rings. The second kappa shape index (κ2) is 8.34. The van der Waals surface area contributed by atoms with E-state index in [1.54, 1.807) is 47.4 Å². The van der Waals surface area contributed by atoms with Crippen molar-refractivity contribution >= 4 is 51.7 Å². The van der Waals surface area contributed by atoms with Crippen molar-refractivity contribution in [3.63, 3.8) is 0 Å². The number of carbonyl (C=O) groups excluding carboxylic acids is 2. The van der Waals surface area contributed by atoms with Gasteiger partial charge in [-0.05, 0) is 43.3 Å². The number of benzene rings is 2. The van der Waals surface area contributed by atoms with Crippen molar-refractivity contribution in [2.24, 2.45) is 4.99 Å². The van der Waals surface area contributed by atoms with Gasteiger partial charge in [-0.3, -0.25) is 14.5 Å². The number of hydrogen-bond acceptors (Lipinski definition) is 6. The Bertz CT molecular complexity index is 980. The van der Waals surface area contributed by atoms with E-state index < -0.39 is 5.25 Å². The molecule has 0 spiro atoms. The van der Waals surface area contributed by atoms with Gasteiger partial charge in [0.2, 0.25) is 18.6 Å². The fourth-order valence-electron chi connectivity index (χ4n) is 2.99. The molecule has 1 unspecified atom stereocenters. The molecule has 9 heteroatoms. The van der Waals surface area contributed by atoms with Gasteiger partial charge in [-0.1, -0.05) is 23.4 Å². The van der Waals surface area contributed by atoms with E-state index in [1.165, 1.54) is 11.8 Å². The summed E-state index contributed by atoms with van der Waals surface area (Å²) in [5.41, 5.74) is 1.30. The molecule has 1 fully saturated rings. The molecule has 0 saturated carbocycles. The summed E-state index contributed by atoms with van der Waals surface area (Å²) in [7, 11) is 0. The molecule has 0 radical (unpaired) electrons. The standard InChI is InChI=1S/C20H18ClN3O4S/c1-2-24-19(26)17(10-18(25)22-13-5-3-12(21)4-6-13)29-20(24)23-14-7-8-15-16(9-14)28-11-27-15/h3-9,17H,2,10-11H2,1H3,(H,22,25). The third-order valence-corrected chi connectivity index (χ3v) is 5.84. The smallest absolute Gasteiger partial charge is 0.242 e. The molecule has 4 rings (SSSR count). The molecular formula is C20H18ClN3O4S. The van der Waals surface area contributed by atoms with Crippen molar-refractivity contribution < 1.29 is 19.1 Å². The Morgan fingerprint density at radius 3 is 2.76 bits per heavy atom. The first-order valence-corrected chi connectivity index (χ1v) is 10.3. The molecule has 2 heterocycles. The van der Waals surface area contributed by atoms with Crippen LogP contribution in [0.1, 0.15) is 13.3 Å². The molecule has 1 N–H and O–H groups in total. The Morgan fingerprint density at radius 1 is 1.24 bits per heavy atom. The van der Waals surface area contributed by atoms with Gasteiger partial charge in [0.05, 0.1) is 5.69 Å². The van der Waals surface area contributed by atoms with E-state index in [0.717, 1.165) is 0 Å². The first kappa shape index (κ1) is 19.6. The quantitative estimate of drug-likeness (QED) is 0.772. The van der Waals surface area contributed by atoms with E-state index in [9.17, 15) is 9.59 Å². The molecule has 0 aromatic heterocycles. The molecule has 2 aliphatic heterocycles. The number of fused-ring (bicyclic) bond motifs is 1. The Morgan fingerprint density at radius 2 is 2.00 bits per heavy atom. The van der Waals surface area contributed by atoms with Gasteiger partial charge in [0.1, 0.15) is 5.25 Å². The van der Waals surface area contributed by atoms with Gasteiger partial charge >= 0.3 is 0 Å². The first-order valence-electron chi connectivity index (χ1n) is 9.05. The largest absolute Gasteiger partial charge is 0.454 e. The second-order valence-corrected chi connectivity index (χ2v) is 7.99. The van der Waals surface area contributed by atoms with Crippen molar-refractivity contribution in [2.45, 2.75) is 18.6 Å². The number of hydrogen-bond donors (Lipinski definition) is 1. The van der Waals surface area contributed by atoms with Gasteiger partial charge in [0.25, 0.3) is 0 Å². The van der Waals surface area contributed by atoms with Crippen molar-refractivity contribution in [1.82, 2.24) is 4.90 Å². The van der Waals surface area contributed by atoms with Crippen LogP contribution < -0.4 is 14.8 Å². The summed E-state index contributed by atoms with van der Waals surface area (Å²) in [5, 5.41) is 3.43. The summed E-state index contributed by atoms with van der Waals surface area (Å²) in [5.74, 6) is 0.943. The number of aliphatic imine (C=N–C) groups is 1. The maximum atomic E-state index is 12.7. The van der Waals surface area contributed by atoms with Crippen molar-refractivity contribution in [1.29, 1.82) is 0 Å². The molecule has 0 bridgehead atoms. The Kier molecular flexibility index (Phi) is 5.64. The SMILES string of the molecule is CCN1C(=O)C(CC(=O)Nc2ccc(Cl)cc2)SC1=Nc1ccc2c(c1)OCO2. The summed E-state index contributed by atoms with van der Waals surface area (Å²) in [6.45, 7) is 2.54. The lowest BCUT2D eigenvalue weighted by atomic mass is 10.2. The topological polar surface area (TPSA) is 80.2 Å². The van der Waals surface area contributed by atoms with E-state index in [0.29, 0.717) is 39.6 Å². The van der Waals surface area contributed by atoms with Gasteiger partial charge in [0.15, 0.2) is 16.7 Å². The van der Waals surface area contributed by atoms with Crippen molar-refractivity contribution in [3.8, 4) is 11.5 Å². The molecular weight excluding hydrogens is 414 g/mol. The monoisotopic (exact) mass is 431 g/mol. The van der Waals surface area contributed by atoms with E-state index in [-0.39, 0.29) is 25.0 Å². The third-order valence-electron chi connectivity index (χ3n) is 4.42. The van der Waals surface area contributed by atoms with Crippen LogP contribution in [0.25, 0.3) is 0 Å². The third kappa shape index (κ3) is 4.33. The van der Waals surface area contributed by atoms with Crippen LogP contribution >= 0.6 is 23.4 Å². The van der Waals surface area contributed by atoms with E-state index in [2.05, 4.69) is 10.3 Å². The summed E-state index contributed by atoms with van der Waals surface area (Å²) < 4.78 is 10.7. The molecule has 2 amide bonds. The zero-order chi connectivity index (χ0) is 20.4. The van der Waals surface area contributed by atoms with Crippen LogP contribution in [0.15, 0.2) is 47.5 Å². The van der Waals surface area contributed by atoms with Crippen molar-refractivity contribution in [2.75, 3.05) is 18.7 Å². The van der Waals surface area contributed by atoms with Crippen LogP contribution in [0.4, 0.5) is 11.4 Å². The van der Waals surface area contributed by atoms with Crippen LogP contribution in [0, 0.1) is 0 Å². The van der Waals surface area contributed by atoms with E-state index >= 15 is 0 Å². The zero-order valence-corrected chi connectivity index (χ0v) is 17.1. The minimum atomic E-state index is -0.519. The number of thioether (sulfide) groups is 1. The van der Waals surface area contributed by atoms with Crippen LogP contribution in [0.2, 0.25) is 5.02 Å². The molecule has 1 atom stereocenters. The molecule has 1 saturated heterocycles. The first-order chi connectivity index (χ1) is 14.0. The van der Waals surface area contributed by atoms with Gasteiger partial charge in [0, 0.05) is 29.7 Å². The minimum Gasteiger partial charge on any atom is -0.454 e. The van der Waals surface area contributed by atoms with E-state index in [4.69, 9.17) is 21.1 Å². The number of amidine groups is 1. The van der Waals surface area contributed by atoms with E-state index in [1.807, 2.05) is 6.92 Å². The molecule has 7 nitrogen and oxygen atoms in total. The maximum absolute atomic E-state index is 12.7. The lowest BCUT2D eigenvalue weighted by molar-refractivity contribution is -0.128. The van der Waals surface area contributed by atoms with Crippen LogP contribution in [-0.2, 0) is 9.59 Å². The average molecular weight is 432 g/mol. The van der Waals surface area contributed by atoms with Gasteiger partial charge in [-0.15, -0.1) is 0 Å². The number of amides is 2. The summed E-state index contributed by atoms with van der Waals surface area (Å²) in [4.78, 5) is 31.3. The predicted octanol–water partition coefficient (Wildman–Crippen LogP) is 4.05. The fraction of sp³-hybridized carbons (Fsp3) is 0.250. The number of ether oxygens (including phenoxy) is 2. The Balaban J connectivity index is 1.46. The normalized spacial score (nSPS) is 19.1. The highest BCUT2D eigenvalue weighted by Crippen LogP contribution is 2.37. The van der Waals surface area contributed by atoms with Crippen LogP contribution in [0.5, 0.6) is 11.5 Å². The minimum absolute atomic E-state index is 0.0583. The Hall–Kier alpha value is -2.71. The highest BCUT2D eigenvalue weighted by atomic mass is 35.5. The van der Waals surface area contributed by atoms with Crippen LogP contribution in [-0.4, -0.2) is 40.5 Å². The number of halogens is 1. The number of anilines is 1. The molecule has 29 heavy (non-hydrogen) atoms. The summed E-state index contributed by atoms with van der Waals surface area (Å²) in [6.07, 6.45) is 0.0583. The highest BCUT2D eigenvalue weighted by molar-refractivity contribution is 8.15. The van der Waals surface area contributed by atoms with Crippen molar-refractivity contribution in [3.05, 3.63) is 47.5 Å². The Labute approximate surface area is 177 Å². The molecule has 0 aliphatic carbocycles. The highest BCUT2D eigenvalue weighted by Gasteiger charge is 2.38. The zero-order valence-electron chi connectivity index (χ0n) is 15.6. The fourth-order valence-corrected chi connectivity index (χ4v) is 4.34. The predicted molar refractivity (Wildman–Crippen MR) is 113 cm³/mol. The maximum Gasteiger partial charge on any atom is 0.242 e. The van der Waals surface area contributed by atoms with Crippen LogP contribution in [0.3, 0.4) is 0 Å². The lowest BCUT2D eigenvalue weighted by Crippen LogP contribution is -2.33. The van der Waals surface area contributed by atoms with Gasteiger partial charge < -0.3 is 14.8 Å². The average Bonchev–Trinajstić information content (AvgIpc) is 3.28. The number of nitrogens with zero attached hydrogens (tertiary/aromatic N) is 2. The number of rotatable bonds is 5. The number of nitrogens with one attached hydrogen (secondary N) is 1. The second-order valence-electron chi connectivity index (χ2n) is 6.38. The molecule has 150 valence electrons. The summed E-state index contributed by atoms with van der Waals surface area (Å²) >= 11 is 7.15. The van der Waals surface area contributed by atoms with Gasteiger partial charge in [-0.25, -0.2) is 4.99 Å². The number of carbonyl (C=O) groups is 2. The summed E-state index contributed by atoms with van der Waals surface area (Å²) in [6, 6.07) is 12.2. The molecule has 2 aromatic carbocycles.